The van der Waals surface area contributed by atoms with Gasteiger partial charge in [-0.2, -0.15) is 22.0 Å². The third-order valence-corrected chi connectivity index (χ3v) is 5.67. The summed E-state index contributed by atoms with van der Waals surface area (Å²) in [5.74, 6) is -2.10. The molecule has 0 saturated carbocycles. The summed E-state index contributed by atoms with van der Waals surface area (Å²) < 4.78 is 85.0. The first-order chi connectivity index (χ1) is 14.9. The molecule has 1 unspecified atom stereocenters. The summed E-state index contributed by atoms with van der Waals surface area (Å²) in [6, 6.07) is 1.79. The van der Waals surface area contributed by atoms with Crippen LogP contribution in [-0.2, 0) is 28.8 Å². The minimum atomic E-state index is -4.67. The Morgan fingerprint density at radius 2 is 1.88 bits per heavy atom. The highest BCUT2D eigenvalue weighted by Crippen LogP contribution is 2.33. The number of rotatable bonds is 6. The zero-order chi connectivity index (χ0) is 23.8. The van der Waals surface area contributed by atoms with Gasteiger partial charge in [0.25, 0.3) is 0 Å². The van der Waals surface area contributed by atoms with Crippen LogP contribution in [0, 0.1) is 0 Å². The van der Waals surface area contributed by atoms with E-state index in [9.17, 15) is 31.0 Å². The number of imidazole rings is 1. The maximum Gasteiger partial charge on any atom is 0.482 e. The molecule has 1 amide bonds. The molecule has 3 aromatic rings. The molecule has 3 aromatic heterocycles. The number of ether oxygens (including phenoxy) is 1. The summed E-state index contributed by atoms with van der Waals surface area (Å²) in [6.07, 6.45) is -7.01. The van der Waals surface area contributed by atoms with E-state index in [0.29, 0.717) is 0 Å². The predicted octanol–water partition coefficient (Wildman–Crippen LogP) is 2.89. The Balaban J connectivity index is 2.13. The number of halogens is 5. The van der Waals surface area contributed by atoms with Crippen molar-refractivity contribution in [2.75, 3.05) is 12.8 Å². The molecule has 0 aromatic carbocycles. The highest BCUT2D eigenvalue weighted by atomic mass is 32.2. The normalized spacial score (nSPS) is 13.2. The number of likely N-dealkylation sites (N-methyl/N-ethyl adjacent to an activating group) is 1. The monoisotopic (exact) mass is 477 g/mol. The average Bonchev–Trinajstić information content (AvgIpc) is 3.07. The zero-order valence-electron chi connectivity index (χ0n) is 16.8. The largest absolute Gasteiger partial charge is 0.482 e. The van der Waals surface area contributed by atoms with Gasteiger partial charge < -0.3 is 14.6 Å². The van der Waals surface area contributed by atoms with Crippen LogP contribution in [0.25, 0.3) is 22.6 Å². The van der Waals surface area contributed by atoms with Crippen LogP contribution in [0.3, 0.4) is 0 Å². The molecule has 8 nitrogen and oxygen atoms in total. The van der Waals surface area contributed by atoms with Crippen molar-refractivity contribution >= 4 is 27.7 Å². The molecule has 1 N–H and O–H groups in total. The van der Waals surface area contributed by atoms with Gasteiger partial charge in [0, 0.05) is 25.9 Å². The summed E-state index contributed by atoms with van der Waals surface area (Å²) in [5, 5.41) is 1.76. The molecule has 0 bridgehead atoms. The highest BCUT2D eigenvalue weighted by molar-refractivity contribution is 7.85. The van der Waals surface area contributed by atoms with Gasteiger partial charge in [-0.15, -0.1) is 0 Å². The SMILES string of the molecule is CCS(=O)c1cc(OC(F)(F)C(=O)NC)cnc1-c1nc2cc(C(F)(F)F)ncc2n1C. The summed E-state index contributed by atoms with van der Waals surface area (Å²) in [4.78, 5) is 22.8. The number of nitrogens with one attached hydrogen (secondary N) is 1. The van der Waals surface area contributed by atoms with E-state index in [-0.39, 0.29) is 33.2 Å². The average molecular weight is 477 g/mol. The summed E-state index contributed by atoms with van der Waals surface area (Å²) in [6.45, 7) is 1.57. The van der Waals surface area contributed by atoms with E-state index in [1.165, 1.54) is 11.6 Å². The van der Waals surface area contributed by atoms with Gasteiger partial charge in [-0.1, -0.05) is 6.92 Å². The number of carbonyl (C=O) groups is 1. The molecule has 0 spiro atoms. The summed E-state index contributed by atoms with van der Waals surface area (Å²) in [7, 11) is 0.755. The van der Waals surface area contributed by atoms with Gasteiger partial charge in [0.15, 0.2) is 5.82 Å². The molecule has 0 saturated heterocycles. The Bertz CT molecular complexity index is 1210. The quantitative estimate of drug-likeness (QED) is 0.549. The Hall–Kier alpha value is -3.16. The van der Waals surface area contributed by atoms with Crippen molar-refractivity contribution in [3.05, 3.63) is 30.2 Å². The molecule has 0 aliphatic heterocycles. The van der Waals surface area contributed by atoms with Crippen molar-refractivity contribution in [3.8, 4) is 17.3 Å². The van der Waals surface area contributed by atoms with E-state index >= 15 is 0 Å². The molecule has 3 heterocycles. The van der Waals surface area contributed by atoms with Crippen molar-refractivity contribution in [1.82, 2.24) is 24.8 Å². The molecule has 0 radical (unpaired) electrons. The van der Waals surface area contributed by atoms with Gasteiger partial charge in [-0.25, -0.2) is 15.0 Å². The van der Waals surface area contributed by atoms with Crippen molar-refractivity contribution in [1.29, 1.82) is 0 Å². The highest BCUT2D eigenvalue weighted by Gasteiger charge is 2.41. The van der Waals surface area contributed by atoms with Crippen LogP contribution in [0.5, 0.6) is 5.75 Å². The lowest BCUT2D eigenvalue weighted by atomic mass is 10.3. The topological polar surface area (TPSA) is 99.0 Å². The number of aromatic nitrogens is 4. The fraction of sp³-hybridized carbons (Fsp3) is 0.333. The molecule has 32 heavy (non-hydrogen) atoms. The van der Waals surface area contributed by atoms with E-state index in [0.717, 1.165) is 31.6 Å². The standard InChI is InChI=1S/C18H16F5N5O3S/c1-4-32(30)12-5-9(31-18(22,23)16(29)24-2)7-26-14(12)15-27-10-6-13(17(19,20)21)25-8-11(10)28(15)3/h5-8H,4H2,1-3H3,(H,24,29). The van der Waals surface area contributed by atoms with Crippen molar-refractivity contribution in [2.45, 2.75) is 24.1 Å². The van der Waals surface area contributed by atoms with Crippen molar-refractivity contribution in [3.63, 3.8) is 0 Å². The second-order valence-electron chi connectivity index (χ2n) is 6.40. The Labute approximate surface area is 180 Å². The van der Waals surface area contributed by atoms with Crippen LogP contribution in [0.4, 0.5) is 22.0 Å². The second kappa shape index (κ2) is 8.41. The number of pyridine rings is 2. The lowest BCUT2D eigenvalue weighted by Gasteiger charge is -2.17. The van der Waals surface area contributed by atoms with Crippen LogP contribution in [-0.4, -0.2) is 48.5 Å². The van der Waals surface area contributed by atoms with E-state index < -0.39 is 40.4 Å². The number of carbonyl (C=O) groups excluding carboxylic acids is 1. The summed E-state index contributed by atoms with van der Waals surface area (Å²) >= 11 is 0. The number of amides is 1. The first-order valence-corrected chi connectivity index (χ1v) is 10.3. The van der Waals surface area contributed by atoms with Gasteiger partial charge in [-0.3, -0.25) is 9.00 Å². The Morgan fingerprint density at radius 1 is 1.19 bits per heavy atom. The van der Waals surface area contributed by atoms with Gasteiger partial charge in [0.2, 0.25) is 0 Å². The second-order valence-corrected chi connectivity index (χ2v) is 8.11. The number of nitrogens with zero attached hydrogens (tertiary/aromatic N) is 4. The third-order valence-electron chi connectivity index (χ3n) is 4.34. The molecule has 3 rings (SSSR count). The van der Waals surface area contributed by atoms with Crippen LogP contribution in [0.1, 0.15) is 12.6 Å². The van der Waals surface area contributed by atoms with Crippen LogP contribution in [0.15, 0.2) is 29.4 Å². The summed E-state index contributed by atoms with van der Waals surface area (Å²) in [5.41, 5.74) is -0.936. The molecular formula is C18H16F5N5O3S. The Morgan fingerprint density at radius 3 is 2.47 bits per heavy atom. The molecule has 14 heteroatoms. The zero-order valence-corrected chi connectivity index (χ0v) is 17.6. The maximum atomic E-state index is 13.8. The van der Waals surface area contributed by atoms with E-state index in [1.54, 1.807) is 12.2 Å². The number of fused-ring (bicyclic) bond motifs is 1. The minimum absolute atomic E-state index is 0.00643. The molecule has 172 valence electrons. The fourth-order valence-electron chi connectivity index (χ4n) is 2.77. The van der Waals surface area contributed by atoms with Crippen LogP contribution >= 0.6 is 0 Å². The van der Waals surface area contributed by atoms with E-state index in [2.05, 4.69) is 19.7 Å². The lowest BCUT2D eigenvalue weighted by molar-refractivity contribution is -0.192. The maximum absolute atomic E-state index is 13.8. The molecule has 0 aliphatic carbocycles. The Kier molecular flexibility index (Phi) is 6.18. The minimum Gasteiger partial charge on any atom is -0.424 e. The number of aryl methyl sites for hydroxylation is 1. The van der Waals surface area contributed by atoms with Crippen molar-refractivity contribution < 1.29 is 35.7 Å². The molecule has 0 aliphatic rings. The van der Waals surface area contributed by atoms with Gasteiger partial charge >= 0.3 is 18.2 Å². The van der Waals surface area contributed by atoms with Crippen LogP contribution < -0.4 is 10.1 Å². The fourth-order valence-corrected chi connectivity index (χ4v) is 3.69. The molecular weight excluding hydrogens is 461 g/mol. The number of hydrogen-bond donors (Lipinski definition) is 1. The van der Waals surface area contributed by atoms with Crippen molar-refractivity contribution in [2.24, 2.45) is 7.05 Å². The number of hydrogen-bond acceptors (Lipinski definition) is 6. The first kappa shape index (κ1) is 23.5. The van der Waals surface area contributed by atoms with E-state index in [1.807, 2.05) is 0 Å². The van der Waals surface area contributed by atoms with Gasteiger partial charge in [-0.05, 0) is 6.07 Å². The van der Waals surface area contributed by atoms with Gasteiger partial charge in [0.05, 0.1) is 39.1 Å². The smallest absolute Gasteiger partial charge is 0.424 e. The van der Waals surface area contributed by atoms with Gasteiger partial charge in [0.1, 0.15) is 17.1 Å². The van der Waals surface area contributed by atoms with E-state index in [4.69, 9.17) is 0 Å². The molecule has 1 atom stereocenters. The number of alkyl halides is 5. The van der Waals surface area contributed by atoms with Crippen LogP contribution in [0.2, 0.25) is 0 Å². The predicted molar refractivity (Wildman–Crippen MR) is 103 cm³/mol. The third kappa shape index (κ3) is 4.40. The first-order valence-electron chi connectivity index (χ1n) is 8.96. The lowest BCUT2D eigenvalue weighted by Crippen LogP contribution is -2.42. The molecule has 0 fully saturated rings.